The maximum Gasteiger partial charge on any atom is 0.0542 e. The van der Waals surface area contributed by atoms with Gasteiger partial charge in [0, 0.05) is 28.2 Å². The second-order valence-electron chi connectivity index (χ2n) is 3.42. The van der Waals surface area contributed by atoms with Crippen molar-refractivity contribution in [2.24, 2.45) is 5.73 Å². The van der Waals surface area contributed by atoms with E-state index in [0.29, 0.717) is 6.54 Å². The molecule has 0 bridgehead atoms. The summed E-state index contributed by atoms with van der Waals surface area (Å²) in [6.07, 6.45) is 0. The molecule has 0 fully saturated rings. The van der Waals surface area contributed by atoms with Gasteiger partial charge in [-0.15, -0.1) is 22.7 Å². The zero-order valence-electron chi connectivity index (χ0n) is 8.65. The molecule has 3 N–H and O–H groups in total. The van der Waals surface area contributed by atoms with Gasteiger partial charge >= 0.3 is 0 Å². The van der Waals surface area contributed by atoms with Crippen LogP contribution in [0.1, 0.15) is 15.8 Å². The number of halogens is 1. The highest BCUT2D eigenvalue weighted by atomic mass is 35.5. The Labute approximate surface area is 108 Å². The summed E-state index contributed by atoms with van der Waals surface area (Å²) in [5, 5.41) is 8.24. The normalized spacial score (nSPS) is 12.9. The predicted molar refractivity (Wildman–Crippen MR) is 72.3 cm³/mol. The number of nitrogens with one attached hydrogen (secondary N) is 1. The van der Waals surface area contributed by atoms with Gasteiger partial charge in [-0.1, -0.05) is 17.7 Å². The smallest absolute Gasteiger partial charge is 0.0542 e. The van der Waals surface area contributed by atoms with Crippen LogP contribution in [-0.4, -0.2) is 6.54 Å². The molecule has 2 heterocycles. The fourth-order valence-electron chi connectivity index (χ4n) is 1.45. The van der Waals surface area contributed by atoms with E-state index in [4.69, 9.17) is 17.3 Å². The minimum absolute atomic E-state index is 0.194. The first-order valence-corrected chi connectivity index (χ1v) is 7.13. The molecule has 0 radical (unpaired) electrons. The Morgan fingerprint density at radius 3 is 2.88 bits per heavy atom. The van der Waals surface area contributed by atoms with Crippen LogP contribution < -0.4 is 11.1 Å². The van der Waals surface area contributed by atoms with Crippen molar-refractivity contribution in [3.05, 3.63) is 43.7 Å². The second kappa shape index (κ2) is 5.80. The molecule has 1 unspecified atom stereocenters. The van der Waals surface area contributed by atoms with Gasteiger partial charge < -0.3 is 11.1 Å². The summed E-state index contributed by atoms with van der Waals surface area (Å²) in [6, 6.07) is 6.35. The first kappa shape index (κ1) is 12.1. The maximum atomic E-state index is 5.91. The third-order valence-corrected chi connectivity index (χ3v) is 4.54. The van der Waals surface area contributed by atoms with Crippen molar-refractivity contribution in [3.63, 3.8) is 0 Å². The van der Waals surface area contributed by atoms with Crippen molar-refractivity contribution in [2.45, 2.75) is 12.6 Å². The van der Waals surface area contributed by atoms with E-state index in [1.165, 1.54) is 9.75 Å². The van der Waals surface area contributed by atoms with Crippen molar-refractivity contribution in [1.82, 2.24) is 5.32 Å². The number of thiophene rings is 2. The molecule has 86 valence electrons. The Hall–Kier alpha value is -0.390. The van der Waals surface area contributed by atoms with Gasteiger partial charge in [0.15, 0.2) is 0 Å². The molecule has 0 aliphatic heterocycles. The summed E-state index contributed by atoms with van der Waals surface area (Å²) in [7, 11) is 0. The van der Waals surface area contributed by atoms with Crippen LogP contribution in [-0.2, 0) is 6.54 Å². The van der Waals surface area contributed by atoms with Crippen molar-refractivity contribution in [2.75, 3.05) is 6.54 Å². The van der Waals surface area contributed by atoms with E-state index in [1.807, 2.05) is 11.4 Å². The summed E-state index contributed by atoms with van der Waals surface area (Å²) in [4.78, 5) is 2.52. The monoisotopic (exact) mass is 272 g/mol. The highest BCUT2D eigenvalue weighted by Gasteiger charge is 2.11. The van der Waals surface area contributed by atoms with Crippen LogP contribution >= 0.6 is 34.3 Å². The third kappa shape index (κ3) is 3.06. The van der Waals surface area contributed by atoms with Gasteiger partial charge in [-0.05, 0) is 17.5 Å². The van der Waals surface area contributed by atoms with E-state index in [0.717, 1.165) is 11.6 Å². The highest BCUT2D eigenvalue weighted by molar-refractivity contribution is 7.10. The summed E-state index contributed by atoms with van der Waals surface area (Å²) in [5.41, 5.74) is 5.76. The quantitative estimate of drug-likeness (QED) is 0.877. The molecular weight excluding hydrogens is 260 g/mol. The van der Waals surface area contributed by atoms with Crippen LogP contribution in [0.3, 0.4) is 0 Å². The lowest BCUT2D eigenvalue weighted by Gasteiger charge is -2.14. The van der Waals surface area contributed by atoms with Gasteiger partial charge in [-0.25, -0.2) is 0 Å². The lowest BCUT2D eigenvalue weighted by molar-refractivity contribution is 0.553. The van der Waals surface area contributed by atoms with Gasteiger partial charge in [-0.3, -0.25) is 0 Å². The standard InChI is InChI=1S/C11H13ClN2S2/c12-8-4-11(16-7-8)10(5-13)14-6-9-2-1-3-15-9/h1-4,7,10,14H,5-6,13H2. The largest absolute Gasteiger partial charge is 0.329 e. The van der Waals surface area contributed by atoms with Gasteiger partial charge in [0.05, 0.1) is 11.1 Å². The van der Waals surface area contributed by atoms with Gasteiger partial charge in [-0.2, -0.15) is 0 Å². The van der Waals surface area contributed by atoms with Crippen LogP contribution in [0, 0.1) is 0 Å². The van der Waals surface area contributed by atoms with E-state index in [9.17, 15) is 0 Å². The molecular formula is C11H13ClN2S2. The van der Waals surface area contributed by atoms with Crippen LogP contribution in [0.4, 0.5) is 0 Å². The van der Waals surface area contributed by atoms with Crippen LogP contribution in [0.15, 0.2) is 29.0 Å². The first-order valence-electron chi connectivity index (χ1n) is 4.99. The van der Waals surface area contributed by atoms with E-state index in [-0.39, 0.29) is 6.04 Å². The third-order valence-electron chi connectivity index (χ3n) is 2.27. The van der Waals surface area contributed by atoms with E-state index in [2.05, 4.69) is 22.8 Å². The summed E-state index contributed by atoms with van der Waals surface area (Å²) in [5.74, 6) is 0. The molecule has 0 aromatic carbocycles. The molecule has 0 aliphatic carbocycles. The van der Waals surface area contributed by atoms with E-state index >= 15 is 0 Å². The van der Waals surface area contributed by atoms with Crippen molar-refractivity contribution in [1.29, 1.82) is 0 Å². The Morgan fingerprint density at radius 2 is 2.31 bits per heavy atom. The Bertz CT molecular complexity index is 425. The SMILES string of the molecule is NCC(NCc1cccs1)c1cc(Cl)cs1. The molecule has 0 saturated heterocycles. The summed E-state index contributed by atoms with van der Waals surface area (Å²) >= 11 is 9.30. The maximum absolute atomic E-state index is 5.91. The van der Waals surface area contributed by atoms with Gasteiger partial charge in [0.1, 0.15) is 0 Å². The topological polar surface area (TPSA) is 38.0 Å². The molecule has 0 aliphatic rings. The Morgan fingerprint density at radius 1 is 1.44 bits per heavy atom. The lowest BCUT2D eigenvalue weighted by atomic mass is 10.2. The highest BCUT2D eigenvalue weighted by Crippen LogP contribution is 2.25. The average molecular weight is 273 g/mol. The van der Waals surface area contributed by atoms with Crippen LogP contribution in [0.5, 0.6) is 0 Å². The van der Waals surface area contributed by atoms with Crippen molar-refractivity contribution >= 4 is 34.3 Å². The molecule has 1 atom stereocenters. The first-order chi connectivity index (χ1) is 7.79. The molecule has 2 aromatic rings. The Kier molecular flexibility index (Phi) is 4.37. The van der Waals surface area contributed by atoms with Crippen LogP contribution in [0.25, 0.3) is 0 Å². The lowest BCUT2D eigenvalue weighted by Crippen LogP contribution is -2.26. The molecule has 2 rings (SSSR count). The van der Waals surface area contributed by atoms with Crippen molar-refractivity contribution < 1.29 is 0 Å². The molecule has 0 saturated carbocycles. The number of hydrogen-bond acceptors (Lipinski definition) is 4. The second-order valence-corrected chi connectivity index (χ2v) is 5.83. The van der Waals surface area contributed by atoms with Crippen LogP contribution in [0.2, 0.25) is 5.02 Å². The van der Waals surface area contributed by atoms with Gasteiger partial charge in [0.25, 0.3) is 0 Å². The predicted octanol–water partition coefficient (Wildman–Crippen LogP) is 3.25. The van der Waals surface area contributed by atoms with Crippen molar-refractivity contribution in [3.8, 4) is 0 Å². The van der Waals surface area contributed by atoms with E-state index < -0.39 is 0 Å². The fourth-order valence-corrected chi connectivity index (χ4v) is 3.28. The molecule has 5 heteroatoms. The molecule has 2 aromatic heterocycles. The molecule has 0 spiro atoms. The number of rotatable bonds is 5. The van der Waals surface area contributed by atoms with E-state index in [1.54, 1.807) is 22.7 Å². The average Bonchev–Trinajstić information content (AvgIpc) is 2.91. The molecule has 16 heavy (non-hydrogen) atoms. The fraction of sp³-hybridized carbons (Fsp3) is 0.273. The number of hydrogen-bond donors (Lipinski definition) is 2. The summed E-state index contributed by atoms with van der Waals surface area (Å²) < 4.78 is 0. The Balaban J connectivity index is 1.96. The minimum Gasteiger partial charge on any atom is -0.329 e. The molecule has 2 nitrogen and oxygen atoms in total. The molecule has 0 amide bonds. The number of nitrogens with two attached hydrogens (primary N) is 1. The zero-order chi connectivity index (χ0) is 11.4. The minimum atomic E-state index is 0.194. The summed E-state index contributed by atoms with van der Waals surface area (Å²) in [6.45, 7) is 1.44. The zero-order valence-corrected chi connectivity index (χ0v) is 11.0. The van der Waals surface area contributed by atoms with Gasteiger partial charge in [0.2, 0.25) is 0 Å².